The van der Waals surface area contributed by atoms with Gasteiger partial charge in [0, 0.05) is 5.41 Å². The molecule has 0 aliphatic heterocycles. The molecule has 0 saturated heterocycles. The molecule has 3 heteroatoms. The van der Waals surface area contributed by atoms with Crippen LogP contribution in [0.4, 0.5) is 0 Å². The third-order valence-electron chi connectivity index (χ3n) is 9.91. The van der Waals surface area contributed by atoms with E-state index in [1.165, 1.54) is 83.1 Å². The predicted molar refractivity (Wildman–Crippen MR) is 209 cm³/mol. The van der Waals surface area contributed by atoms with E-state index in [1.54, 1.807) is 0 Å². The number of fused-ring (bicyclic) bond motifs is 3. The maximum absolute atomic E-state index is 3.63. The molecule has 52 heavy (non-hydrogen) atoms. The summed E-state index contributed by atoms with van der Waals surface area (Å²) >= 11 is 1.46. The molecule has 0 nitrogen and oxygen atoms in total. The molecular weight excluding hydrogens is 751 g/mol. The van der Waals surface area contributed by atoms with Gasteiger partial charge in [-0.1, -0.05) is 118 Å². The van der Waals surface area contributed by atoms with Crippen molar-refractivity contribution in [2.24, 2.45) is 0 Å². The third kappa shape index (κ3) is 9.51. The molecule has 0 aromatic heterocycles. The number of hydrogen-bond acceptors (Lipinski definition) is 0. The van der Waals surface area contributed by atoms with Crippen LogP contribution in [0.5, 0.6) is 0 Å². The van der Waals surface area contributed by atoms with Crippen molar-refractivity contribution in [3.63, 3.8) is 0 Å². The Morgan fingerprint density at radius 3 is 1.42 bits per heavy atom. The summed E-state index contributed by atoms with van der Waals surface area (Å²) in [5.41, 5.74) is 13.4. The summed E-state index contributed by atoms with van der Waals surface area (Å²) in [4.78, 5) is 0. The van der Waals surface area contributed by atoms with Gasteiger partial charge in [-0.25, -0.2) is 12.1 Å². The first-order valence-electron chi connectivity index (χ1n) is 17.4. The molecule has 0 fully saturated rings. The maximum Gasteiger partial charge on any atom is -0.172 e. The topological polar surface area (TPSA) is 0 Å². The monoisotopic (exact) mass is 792 g/mol. The molecule has 0 amide bonds. The molecule has 0 unspecified atom stereocenters. The standard InChI is InChI=1S/C31H29.C13H10.C5H5.2ClH.Zr/c1-30(2,24-11-7-5-8-12-24)26-17-15-22-19-23-16-18-27(21-29(23)28(22)20-26)31(3,4)25-13-9-6-10-14-25;1-3-7-12(8-4-1)11-13-9-5-2-6-10-13;1-2-4-5-3-1;;;/h5-15,17-18,20-21H,19H2,1-4H3;1-10H;1-5H;2*1H;/q-1;;-1;;;+2/p-2. The molecule has 0 N–H and O–H groups in total. The van der Waals surface area contributed by atoms with Crippen molar-refractivity contribution in [3.8, 4) is 11.1 Å². The minimum atomic E-state index is -0.0591. The Bertz CT molecular complexity index is 1960. The predicted octanol–water partition coefficient (Wildman–Crippen LogP) is 5.93. The van der Waals surface area contributed by atoms with Gasteiger partial charge in [0.1, 0.15) is 0 Å². The van der Waals surface area contributed by atoms with Crippen molar-refractivity contribution in [1.82, 2.24) is 0 Å². The molecule has 1 aliphatic rings. The fourth-order valence-corrected chi connectivity index (χ4v) is 7.39. The van der Waals surface area contributed by atoms with Gasteiger partial charge < -0.3 is 24.8 Å². The van der Waals surface area contributed by atoms with Crippen LogP contribution in [0.25, 0.3) is 11.1 Å². The van der Waals surface area contributed by atoms with E-state index in [-0.39, 0.29) is 35.6 Å². The molecule has 260 valence electrons. The van der Waals surface area contributed by atoms with Gasteiger partial charge >= 0.3 is 99.2 Å². The second kappa shape index (κ2) is 18.7. The molecule has 0 saturated carbocycles. The summed E-state index contributed by atoms with van der Waals surface area (Å²) in [5.74, 6) is 0. The number of rotatable bonds is 6. The maximum atomic E-state index is 3.63. The zero-order valence-electron chi connectivity index (χ0n) is 30.3. The minimum Gasteiger partial charge on any atom is -0.214 e. The van der Waals surface area contributed by atoms with Gasteiger partial charge in [-0.15, -0.1) is 11.1 Å². The smallest absolute Gasteiger partial charge is 0.172 e. The fourth-order valence-electron chi connectivity index (χ4n) is 6.57. The van der Waals surface area contributed by atoms with Gasteiger partial charge in [-0.05, 0) is 28.5 Å². The Hall–Kier alpha value is -4.00. The van der Waals surface area contributed by atoms with Gasteiger partial charge in [-0.3, -0.25) is 0 Å². The van der Waals surface area contributed by atoms with E-state index in [1.807, 2.05) is 30.3 Å². The van der Waals surface area contributed by atoms with Crippen LogP contribution >= 0.6 is 0 Å². The van der Waals surface area contributed by atoms with Crippen LogP contribution in [0, 0.1) is 6.07 Å². The van der Waals surface area contributed by atoms with Crippen molar-refractivity contribution < 1.29 is 49.0 Å². The molecule has 0 atom stereocenters. The van der Waals surface area contributed by atoms with Crippen LogP contribution in [0.15, 0.2) is 182 Å². The van der Waals surface area contributed by atoms with Crippen molar-refractivity contribution in [2.45, 2.75) is 44.9 Å². The summed E-state index contributed by atoms with van der Waals surface area (Å²) in [7, 11) is 0. The molecule has 7 aromatic rings. The Labute approximate surface area is 338 Å². The second-order valence-electron chi connectivity index (χ2n) is 13.9. The molecule has 0 heterocycles. The Balaban J connectivity index is 0.000000238. The minimum absolute atomic E-state index is 0. The van der Waals surface area contributed by atoms with Gasteiger partial charge in [0.15, 0.2) is 0 Å². The van der Waals surface area contributed by atoms with Crippen molar-refractivity contribution in [1.29, 1.82) is 0 Å². The summed E-state index contributed by atoms with van der Waals surface area (Å²) in [6.07, 6.45) is 0.975. The first-order chi connectivity index (χ1) is 24.2. The summed E-state index contributed by atoms with van der Waals surface area (Å²) in [6.45, 7) is 9.26. The van der Waals surface area contributed by atoms with Gasteiger partial charge in [0.25, 0.3) is 0 Å². The third-order valence-corrected chi connectivity index (χ3v) is 11.3. The molecule has 0 spiro atoms. The van der Waals surface area contributed by atoms with Crippen molar-refractivity contribution in [3.05, 3.63) is 233 Å². The van der Waals surface area contributed by atoms with Crippen LogP contribution in [0.1, 0.15) is 72.2 Å². The summed E-state index contributed by atoms with van der Waals surface area (Å²) in [6, 6.07) is 68.0. The summed E-state index contributed by atoms with van der Waals surface area (Å²) < 4.78 is 1.42. The van der Waals surface area contributed by atoms with E-state index in [0.29, 0.717) is 0 Å². The molecule has 0 bridgehead atoms. The quantitative estimate of drug-likeness (QED) is 0.184. The molecule has 1 aliphatic carbocycles. The molecular formula is C49H44Cl2Zr-2. The van der Waals surface area contributed by atoms with E-state index < -0.39 is 0 Å². The van der Waals surface area contributed by atoms with Crippen LogP contribution in [0.2, 0.25) is 0 Å². The van der Waals surface area contributed by atoms with Crippen LogP contribution in [-0.2, 0) is 41.5 Å². The average Bonchev–Trinajstić information content (AvgIpc) is 3.88. The zero-order valence-corrected chi connectivity index (χ0v) is 34.3. The first-order valence-corrected chi connectivity index (χ1v) is 18.6. The number of hydrogen-bond donors (Lipinski definition) is 0. The normalized spacial score (nSPS) is 11.2. The molecule has 7 aromatic carbocycles. The Morgan fingerprint density at radius 1 is 0.519 bits per heavy atom. The SMILES string of the molecule is CC(C)(c1ccccc1)c1c[c-]c2c(c1)-c1cc(C(C)(C)c3ccccc3)ccc1C2.[Cl-].[Cl-].[Zr+2]=[C](c1ccccc1)c1ccccc1.c1cc[cH-]c1. The number of benzene rings is 6. The van der Waals surface area contributed by atoms with Crippen LogP contribution in [0.3, 0.4) is 0 Å². The largest absolute Gasteiger partial charge is 0.214 e. The van der Waals surface area contributed by atoms with Crippen molar-refractivity contribution >= 4 is 3.21 Å². The van der Waals surface area contributed by atoms with E-state index in [9.17, 15) is 0 Å². The summed E-state index contributed by atoms with van der Waals surface area (Å²) in [5, 5.41) is 0. The molecule has 8 rings (SSSR count). The van der Waals surface area contributed by atoms with Gasteiger partial charge in [0.05, 0.1) is 0 Å². The van der Waals surface area contributed by atoms with Gasteiger partial charge in [0.2, 0.25) is 0 Å². The van der Waals surface area contributed by atoms with E-state index in [4.69, 9.17) is 0 Å². The number of halogens is 2. The van der Waals surface area contributed by atoms with E-state index >= 15 is 0 Å². The van der Waals surface area contributed by atoms with Crippen molar-refractivity contribution in [2.75, 3.05) is 0 Å². The first kappa shape index (κ1) is 40.8. The average molecular weight is 795 g/mol. The Morgan fingerprint density at radius 2 is 0.962 bits per heavy atom. The zero-order chi connectivity index (χ0) is 35.0. The fraction of sp³-hybridized carbons (Fsp3) is 0.143. The van der Waals surface area contributed by atoms with E-state index in [2.05, 4.69) is 185 Å². The van der Waals surface area contributed by atoms with Gasteiger partial charge in [-0.2, -0.15) is 42.0 Å². The van der Waals surface area contributed by atoms with Crippen LogP contribution in [-0.4, -0.2) is 3.21 Å². The molecule has 0 radical (unpaired) electrons. The van der Waals surface area contributed by atoms with Crippen LogP contribution < -0.4 is 24.8 Å². The Kier molecular flexibility index (Phi) is 14.6. The second-order valence-corrected chi connectivity index (χ2v) is 15.1. The van der Waals surface area contributed by atoms with E-state index in [0.717, 1.165) is 6.42 Å².